The van der Waals surface area contributed by atoms with E-state index in [0.717, 1.165) is 28.2 Å². The number of carbonyl (C=O) groups excluding carboxylic acids is 1. The Morgan fingerprint density at radius 3 is 2.26 bits per heavy atom. The second-order valence-corrected chi connectivity index (χ2v) is 8.74. The Kier molecular flexibility index (Phi) is 8.93. The van der Waals surface area contributed by atoms with Crippen LogP contribution in [0.4, 0.5) is 5.69 Å². The lowest BCUT2D eigenvalue weighted by atomic mass is 10.1. The second-order valence-electron chi connectivity index (χ2n) is 8.74. The van der Waals surface area contributed by atoms with E-state index in [1.165, 1.54) is 0 Å². The van der Waals surface area contributed by atoms with Crippen LogP contribution in [0.1, 0.15) is 46.9 Å². The Labute approximate surface area is 223 Å². The zero-order valence-corrected chi connectivity index (χ0v) is 22.2. The van der Waals surface area contributed by atoms with Crippen LogP contribution >= 0.6 is 0 Å². The lowest BCUT2D eigenvalue weighted by Gasteiger charge is -2.13. The molecular formula is C31H33NO6. The Balaban J connectivity index is 1.29. The smallest absolute Gasteiger partial charge is 0.291 e. The van der Waals surface area contributed by atoms with E-state index in [-0.39, 0.29) is 18.3 Å². The van der Waals surface area contributed by atoms with Crippen molar-refractivity contribution in [1.82, 2.24) is 0 Å². The fraction of sp³-hybridized carbons (Fsp3) is 0.258. The van der Waals surface area contributed by atoms with Crippen LogP contribution in [-0.2, 0) is 13.2 Å². The van der Waals surface area contributed by atoms with Crippen LogP contribution in [0, 0.1) is 13.8 Å². The van der Waals surface area contributed by atoms with E-state index >= 15 is 0 Å². The van der Waals surface area contributed by atoms with Gasteiger partial charge in [-0.3, -0.25) is 4.79 Å². The van der Waals surface area contributed by atoms with Gasteiger partial charge >= 0.3 is 0 Å². The fourth-order valence-corrected chi connectivity index (χ4v) is 3.77. The molecule has 0 aliphatic heterocycles. The molecule has 0 fully saturated rings. The van der Waals surface area contributed by atoms with Crippen LogP contribution in [0.5, 0.6) is 23.0 Å². The number of rotatable bonds is 12. The van der Waals surface area contributed by atoms with Gasteiger partial charge in [-0.05, 0) is 99.0 Å². The van der Waals surface area contributed by atoms with E-state index in [2.05, 4.69) is 5.32 Å². The minimum absolute atomic E-state index is 0.213. The lowest BCUT2D eigenvalue weighted by molar-refractivity contribution is 0.0992. The van der Waals surface area contributed by atoms with Crippen molar-refractivity contribution in [2.45, 2.75) is 40.9 Å². The monoisotopic (exact) mass is 515 g/mol. The minimum atomic E-state index is -0.338. The van der Waals surface area contributed by atoms with Gasteiger partial charge < -0.3 is 28.7 Å². The zero-order chi connectivity index (χ0) is 26.9. The largest absolute Gasteiger partial charge is 0.490 e. The topological polar surface area (TPSA) is 79.2 Å². The maximum Gasteiger partial charge on any atom is 0.291 e. The Morgan fingerprint density at radius 2 is 1.50 bits per heavy atom. The third kappa shape index (κ3) is 7.09. The van der Waals surface area contributed by atoms with Crippen molar-refractivity contribution in [2.24, 2.45) is 0 Å². The predicted octanol–water partition coefficient (Wildman–Crippen LogP) is 7.10. The number of hydrogen-bond acceptors (Lipinski definition) is 6. The number of carbonyl (C=O) groups is 1. The molecule has 0 spiro atoms. The summed E-state index contributed by atoms with van der Waals surface area (Å²) in [5.41, 5.74) is 3.76. The summed E-state index contributed by atoms with van der Waals surface area (Å²) in [5.74, 6) is 3.34. The molecule has 3 aromatic carbocycles. The summed E-state index contributed by atoms with van der Waals surface area (Å²) in [5, 5.41) is 2.84. The number of furan rings is 1. The zero-order valence-electron chi connectivity index (χ0n) is 22.2. The average Bonchev–Trinajstić information content (AvgIpc) is 3.40. The van der Waals surface area contributed by atoms with Crippen molar-refractivity contribution in [3.05, 3.63) is 101 Å². The molecule has 4 rings (SSSR count). The number of ether oxygens (including phenoxy) is 4. The molecule has 0 radical (unpaired) electrons. The summed E-state index contributed by atoms with van der Waals surface area (Å²) in [4.78, 5) is 12.7. The van der Waals surface area contributed by atoms with E-state index < -0.39 is 0 Å². The number of benzene rings is 3. The van der Waals surface area contributed by atoms with Gasteiger partial charge in [0.25, 0.3) is 5.91 Å². The van der Waals surface area contributed by atoms with Gasteiger partial charge in [-0.25, -0.2) is 0 Å². The summed E-state index contributed by atoms with van der Waals surface area (Å²) >= 11 is 0. The molecule has 0 saturated heterocycles. The highest BCUT2D eigenvalue weighted by atomic mass is 16.5. The number of aryl methyl sites for hydroxylation is 2. The second kappa shape index (κ2) is 12.7. The maximum absolute atomic E-state index is 12.7. The van der Waals surface area contributed by atoms with E-state index in [4.69, 9.17) is 23.4 Å². The van der Waals surface area contributed by atoms with Crippen molar-refractivity contribution in [2.75, 3.05) is 18.5 Å². The van der Waals surface area contributed by atoms with Crippen LogP contribution in [0.3, 0.4) is 0 Å². The quantitative estimate of drug-likeness (QED) is 0.217. The van der Waals surface area contributed by atoms with E-state index in [1.807, 2.05) is 64.1 Å². The molecule has 1 amide bonds. The third-order valence-electron chi connectivity index (χ3n) is 5.72. The summed E-state index contributed by atoms with van der Waals surface area (Å²) in [6.07, 6.45) is 0. The Bertz CT molecular complexity index is 1360. The normalized spacial score (nSPS) is 10.6. The van der Waals surface area contributed by atoms with Crippen LogP contribution < -0.4 is 24.3 Å². The molecule has 7 heteroatoms. The number of anilines is 1. The summed E-state index contributed by atoms with van der Waals surface area (Å²) in [6, 6.07) is 22.4. The summed E-state index contributed by atoms with van der Waals surface area (Å²) < 4.78 is 28.8. The van der Waals surface area contributed by atoms with Crippen molar-refractivity contribution in [3.63, 3.8) is 0 Å². The molecule has 1 heterocycles. The number of hydrogen-bond donors (Lipinski definition) is 1. The highest BCUT2D eigenvalue weighted by Gasteiger charge is 2.13. The van der Waals surface area contributed by atoms with Gasteiger partial charge in [0.1, 0.15) is 30.5 Å². The molecule has 0 atom stereocenters. The van der Waals surface area contributed by atoms with Gasteiger partial charge in [0.05, 0.1) is 13.2 Å². The maximum atomic E-state index is 12.7. The first-order valence-corrected chi connectivity index (χ1v) is 12.7. The molecule has 1 aromatic heterocycles. The van der Waals surface area contributed by atoms with Crippen molar-refractivity contribution in [1.29, 1.82) is 0 Å². The van der Waals surface area contributed by atoms with E-state index in [0.29, 0.717) is 42.8 Å². The van der Waals surface area contributed by atoms with Crippen LogP contribution in [0.25, 0.3) is 0 Å². The molecule has 7 nitrogen and oxygen atoms in total. The highest BCUT2D eigenvalue weighted by molar-refractivity contribution is 6.02. The molecule has 198 valence electrons. The van der Waals surface area contributed by atoms with Crippen molar-refractivity contribution < 1.29 is 28.2 Å². The molecular weight excluding hydrogens is 482 g/mol. The molecule has 0 bridgehead atoms. The van der Waals surface area contributed by atoms with Gasteiger partial charge in [0.15, 0.2) is 17.3 Å². The molecule has 0 saturated carbocycles. The molecule has 4 aromatic rings. The fourth-order valence-electron chi connectivity index (χ4n) is 3.77. The molecule has 0 aliphatic rings. The highest BCUT2D eigenvalue weighted by Crippen LogP contribution is 2.29. The number of nitrogens with one attached hydrogen (secondary N) is 1. The molecule has 0 aliphatic carbocycles. The van der Waals surface area contributed by atoms with E-state index in [1.54, 1.807) is 36.4 Å². The first kappa shape index (κ1) is 26.7. The standard InChI is InChI=1S/C31H33NO6/c1-5-34-27-15-9-23(18-30(27)35-6-2)19-36-25-12-10-24(11-13-25)32-31(33)28-16-14-26(38-28)20-37-29-17-21(3)7-8-22(29)4/h7-18H,5-6,19-20H2,1-4H3,(H,32,33). The van der Waals surface area contributed by atoms with Gasteiger partial charge in [0.2, 0.25) is 0 Å². The molecule has 1 N–H and O–H groups in total. The first-order chi connectivity index (χ1) is 18.4. The van der Waals surface area contributed by atoms with Crippen LogP contribution in [0.2, 0.25) is 0 Å². The SMILES string of the molecule is CCOc1ccc(COc2ccc(NC(=O)c3ccc(COc4cc(C)ccc4C)o3)cc2)cc1OCC. The van der Waals surface area contributed by atoms with Crippen molar-refractivity contribution >= 4 is 11.6 Å². The van der Waals surface area contributed by atoms with Crippen LogP contribution in [0.15, 0.2) is 77.2 Å². The van der Waals surface area contributed by atoms with Gasteiger partial charge in [-0.1, -0.05) is 18.2 Å². The van der Waals surface area contributed by atoms with Gasteiger partial charge in [-0.15, -0.1) is 0 Å². The average molecular weight is 516 g/mol. The summed E-state index contributed by atoms with van der Waals surface area (Å²) in [6.45, 7) is 9.62. The predicted molar refractivity (Wildman–Crippen MR) is 146 cm³/mol. The Hall–Kier alpha value is -4.39. The van der Waals surface area contributed by atoms with E-state index in [9.17, 15) is 4.79 Å². The lowest BCUT2D eigenvalue weighted by Crippen LogP contribution is -2.10. The molecule has 38 heavy (non-hydrogen) atoms. The summed E-state index contributed by atoms with van der Waals surface area (Å²) in [7, 11) is 0. The van der Waals surface area contributed by atoms with Gasteiger partial charge in [-0.2, -0.15) is 0 Å². The minimum Gasteiger partial charge on any atom is -0.490 e. The number of amides is 1. The van der Waals surface area contributed by atoms with Crippen LogP contribution in [-0.4, -0.2) is 19.1 Å². The molecule has 0 unspecified atom stereocenters. The van der Waals surface area contributed by atoms with Crippen molar-refractivity contribution in [3.8, 4) is 23.0 Å². The Morgan fingerprint density at radius 1 is 0.737 bits per heavy atom. The first-order valence-electron chi connectivity index (χ1n) is 12.7. The van der Waals surface area contributed by atoms with Gasteiger partial charge in [0, 0.05) is 5.69 Å². The third-order valence-corrected chi connectivity index (χ3v) is 5.72.